The lowest BCUT2D eigenvalue weighted by molar-refractivity contribution is 0.523. The summed E-state index contributed by atoms with van der Waals surface area (Å²) in [4.78, 5) is 1.33. The average molecular weight is 300 g/mol. The maximum absolute atomic E-state index is 5.37. The van der Waals surface area contributed by atoms with Crippen molar-refractivity contribution in [3.8, 4) is 0 Å². The second kappa shape index (κ2) is 4.73. The Morgan fingerprint density at radius 1 is 1.38 bits per heavy atom. The maximum Gasteiger partial charge on any atom is 0.105 e. The molecule has 0 saturated carbocycles. The topological polar surface area (TPSA) is 25.2 Å². The number of thiophene rings is 1. The number of halogens is 1. The van der Waals surface area contributed by atoms with Gasteiger partial charge in [0.1, 0.15) is 5.76 Å². The zero-order valence-corrected chi connectivity index (χ0v) is 11.9. The summed E-state index contributed by atoms with van der Waals surface area (Å²) in [5.74, 6) is 0.973. The molecule has 2 nitrogen and oxygen atoms in total. The Morgan fingerprint density at radius 2 is 2.12 bits per heavy atom. The lowest BCUT2D eigenvalue weighted by Gasteiger charge is -2.15. The molecule has 2 aromatic heterocycles. The monoisotopic (exact) mass is 299 g/mol. The first kappa shape index (κ1) is 11.9. The molecule has 0 aliphatic carbocycles. The number of rotatable bonds is 3. The van der Waals surface area contributed by atoms with Crippen molar-refractivity contribution in [2.75, 3.05) is 7.05 Å². The molecule has 2 aromatic rings. The van der Waals surface area contributed by atoms with E-state index in [9.17, 15) is 0 Å². The Kier molecular flexibility index (Phi) is 3.52. The molecule has 0 radical (unpaired) electrons. The van der Waals surface area contributed by atoms with Crippen LogP contribution in [0.25, 0.3) is 0 Å². The van der Waals surface area contributed by atoms with Gasteiger partial charge in [0.05, 0.1) is 16.1 Å². The predicted octanol–water partition coefficient (Wildman–Crippen LogP) is 4.03. The van der Waals surface area contributed by atoms with Gasteiger partial charge in [0, 0.05) is 10.4 Å². The van der Waals surface area contributed by atoms with E-state index < -0.39 is 0 Å². The van der Waals surface area contributed by atoms with Crippen LogP contribution in [-0.2, 0) is 0 Å². The second-order valence-corrected chi connectivity index (χ2v) is 6.35. The first-order valence-corrected chi connectivity index (χ1v) is 6.71. The van der Waals surface area contributed by atoms with Gasteiger partial charge in [-0.2, -0.15) is 0 Å². The van der Waals surface area contributed by atoms with Crippen molar-refractivity contribution < 1.29 is 4.42 Å². The van der Waals surface area contributed by atoms with Crippen LogP contribution in [0.4, 0.5) is 0 Å². The van der Waals surface area contributed by atoms with Crippen LogP contribution in [0.1, 0.15) is 27.8 Å². The van der Waals surface area contributed by atoms with Crippen molar-refractivity contribution in [3.63, 3.8) is 0 Å². The van der Waals surface area contributed by atoms with Crippen LogP contribution < -0.4 is 5.32 Å². The second-order valence-electron chi connectivity index (χ2n) is 3.72. The summed E-state index contributed by atoms with van der Waals surface area (Å²) in [6.45, 7) is 4.14. The molecular formula is C12H14BrNOS. The normalized spacial score (nSPS) is 13.0. The fraction of sp³-hybridized carbons (Fsp3) is 0.333. The molecule has 0 aliphatic rings. The summed E-state index contributed by atoms with van der Waals surface area (Å²) in [5, 5.41) is 3.34. The Balaban J connectivity index is 2.44. The highest BCUT2D eigenvalue weighted by Gasteiger charge is 2.19. The van der Waals surface area contributed by atoms with Crippen LogP contribution in [0.5, 0.6) is 0 Å². The van der Waals surface area contributed by atoms with Crippen LogP contribution >= 0.6 is 27.3 Å². The van der Waals surface area contributed by atoms with E-state index in [0.717, 1.165) is 5.76 Å². The molecule has 0 amide bonds. The molecule has 0 aromatic carbocycles. The van der Waals surface area contributed by atoms with E-state index in [0.29, 0.717) is 0 Å². The largest absolute Gasteiger partial charge is 0.469 e. The van der Waals surface area contributed by atoms with Gasteiger partial charge in [-0.3, -0.25) is 0 Å². The SMILES string of the molecule is CNC(c1ccoc1C)c1cc(Br)sc1C. The van der Waals surface area contributed by atoms with Crippen molar-refractivity contribution in [2.24, 2.45) is 0 Å². The molecule has 16 heavy (non-hydrogen) atoms. The predicted molar refractivity (Wildman–Crippen MR) is 71.1 cm³/mol. The summed E-state index contributed by atoms with van der Waals surface area (Å²) in [7, 11) is 1.97. The molecular weight excluding hydrogens is 286 g/mol. The van der Waals surface area contributed by atoms with Crippen LogP contribution in [0, 0.1) is 13.8 Å². The van der Waals surface area contributed by atoms with Gasteiger partial charge in [-0.15, -0.1) is 11.3 Å². The van der Waals surface area contributed by atoms with E-state index in [4.69, 9.17) is 4.42 Å². The van der Waals surface area contributed by atoms with Crippen molar-refractivity contribution in [3.05, 3.63) is 43.9 Å². The lowest BCUT2D eigenvalue weighted by Crippen LogP contribution is -2.17. The number of hydrogen-bond acceptors (Lipinski definition) is 3. The third kappa shape index (κ3) is 2.10. The highest BCUT2D eigenvalue weighted by Crippen LogP contribution is 2.34. The number of hydrogen-bond donors (Lipinski definition) is 1. The first-order chi connectivity index (χ1) is 7.63. The highest BCUT2D eigenvalue weighted by atomic mass is 79.9. The van der Waals surface area contributed by atoms with E-state index in [1.165, 1.54) is 19.8 Å². The number of aryl methyl sites for hydroxylation is 2. The molecule has 2 heterocycles. The molecule has 4 heteroatoms. The molecule has 1 unspecified atom stereocenters. The lowest BCUT2D eigenvalue weighted by atomic mass is 10.0. The van der Waals surface area contributed by atoms with Gasteiger partial charge < -0.3 is 9.73 Å². The van der Waals surface area contributed by atoms with Crippen molar-refractivity contribution >= 4 is 27.3 Å². The molecule has 2 rings (SSSR count). The van der Waals surface area contributed by atoms with Gasteiger partial charge in [-0.1, -0.05) is 0 Å². The smallest absolute Gasteiger partial charge is 0.105 e. The van der Waals surface area contributed by atoms with Gasteiger partial charge in [0.15, 0.2) is 0 Å². The van der Waals surface area contributed by atoms with Gasteiger partial charge >= 0.3 is 0 Å². The molecule has 1 N–H and O–H groups in total. The Hall–Kier alpha value is -0.580. The molecule has 0 aliphatic heterocycles. The minimum Gasteiger partial charge on any atom is -0.469 e. The zero-order chi connectivity index (χ0) is 11.7. The Bertz CT molecular complexity index is 489. The van der Waals surface area contributed by atoms with Gasteiger partial charge in [-0.05, 0) is 54.5 Å². The van der Waals surface area contributed by atoms with Crippen LogP contribution in [0.2, 0.25) is 0 Å². The standard InChI is InChI=1S/C12H14BrNOS/c1-7-9(4-5-15-7)12(14-3)10-6-11(13)16-8(10)2/h4-6,12,14H,1-3H3. The summed E-state index contributed by atoms with van der Waals surface area (Å²) >= 11 is 5.29. The van der Waals surface area contributed by atoms with Crippen molar-refractivity contribution in [1.29, 1.82) is 0 Å². The number of nitrogens with one attached hydrogen (secondary N) is 1. The van der Waals surface area contributed by atoms with Crippen LogP contribution in [-0.4, -0.2) is 7.05 Å². The molecule has 0 bridgehead atoms. The Morgan fingerprint density at radius 3 is 2.56 bits per heavy atom. The minimum atomic E-state index is 0.210. The molecule has 0 fully saturated rings. The first-order valence-electron chi connectivity index (χ1n) is 5.10. The third-order valence-corrected chi connectivity index (χ3v) is 4.31. The third-order valence-electron chi connectivity index (χ3n) is 2.74. The van der Waals surface area contributed by atoms with E-state index >= 15 is 0 Å². The summed E-state index contributed by atoms with van der Waals surface area (Å²) in [5.41, 5.74) is 2.51. The maximum atomic E-state index is 5.37. The minimum absolute atomic E-state index is 0.210. The molecule has 0 spiro atoms. The van der Waals surface area contributed by atoms with Crippen LogP contribution in [0.3, 0.4) is 0 Å². The fourth-order valence-corrected chi connectivity index (χ4v) is 3.67. The van der Waals surface area contributed by atoms with Crippen molar-refractivity contribution in [2.45, 2.75) is 19.9 Å². The average Bonchev–Trinajstić information content (AvgIpc) is 2.77. The Labute approximate surface area is 108 Å². The fourth-order valence-electron chi connectivity index (χ4n) is 1.92. The quantitative estimate of drug-likeness (QED) is 0.926. The van der Waals surface area contributed by atoms with Gasteiger partial charge in [0.2, 0.25) is 0 Å². The zero-order valence-electron chi connectivity index (χ0n) is 9.50. The van der Waals surface area contributed by atoms with Crippen LogP contribution in [0.15, 0.2) is 26.6 Å². The van der Waals surface area contributed by atoms with E-state index in [-0.39, 0.29) is 6.04 Å². The van der Waals surface area contributed by atoms with E-state index in [1.54, 1.807) is 17.6 Å². The highest BCUT2D eigenvalue weighted by molar-refractivity contribution is 9.11. The van der Waals surface area contributed by atoms with Gasteiger partial charge in [0.25, 0.3) is 0 Å². The van der Waals surface area contributed by atoms with Crippen molar-refractivity contribution in [1.82, 2.24) is 5.32 Å². The van der Waals surface area contributed by atoms with E-state index in [1.807, 2.05) is 20.0 Å². The molecule has 1 atom stereocenters. The molecule has 0 saturated heterocycles. The van der Waals surface area contributed by atoms with E-state index in [2.05, 4.69) is 34.2 Å². The summed E-state index contributed by atoms with van der Waals surface area (Å²) in [6.07, 6.45) is 1.74. The summed E-state index contributed by atoms with van der Waals surface area (Å²) in [6, 6.07) is 4.41. The molecule has 86 valence electrons. The van der Waals surface area contributed by atoms with Gasteiger partial charge in [-0.25, -0.2) is 0 Å². The number of furan rings is 1. The summed E-state index contributed by atoms with van der Waals surface area (Å²) < 4.78 is 6.54.